The van der Waals surface area contributed by atoms with Crippen molar-refractivity contribution in [3.63, 3.8) is 0 Å². The van der Waals surface area contributed by atoms with Gasteiger partial charge in [-0.1, -0.05) is 42.5 Å². The van der Waals surface area contributed by atoms with Crippen LogP contribution in [0.2, 0.25) is 0 Å². The number of amides is 2. The van der Waals surface area contributed by atoms with E-state index in [1.807, 2.05) is 13.0 Å². The summed E-state index contributed by atoms with van der Waals surface area (Å²) in [6.07, 6.45) is 0.796. The zero-order chi connectivity index (χ0) is 20.6. The van der Waals surface area contributed by atoms with Crippen LogP contribution < -0.4 is 15.4 Å². The van der Waals surface area contributed by atoms with Crippen LogP contribution in [0.3, 0.4) is 0 Å². The van der Waals surface area contributed by atoms with Crippen molar-refractivity contribution < 1.29 is 23.9 Å². The first-order valence-electron chi connectivity index (χ1n) is 9.63. The molecule has 2 aromatic rings. The maximum atomic E-state index is 12.5. The van der Waals surface area contributed by atoms with Crippen LogP contribution in [0.1, 0.15) is 41.8 Å². The summed E-state index contributed by atoms with van der Waals surface area (Å²) in [5.74, 6) is -1.08. The molecule has 1 aliphatic rings. The number of esters is 1. The molecule has 3 rings (SSSR count). The first-order chi connectivity index (χ1) is 14.1. The molecule has 1 fully saturated rings. The number of rotatable bonds is 9. The fraction of sp³-hybridized carbons (Fsp3) is 0.318. The van der Waals surface area contributed by atoms with Crippen molar-refractivity contribution in [1.29, 1.82) is 0 Å². The van der Waals surface area contributed by atoms with Crippen LogP contribution in [0.4, 0.5) is 0 Å². The van der Waals surface area contributed by atoms with Crippen molar-refractivity contribution in [1.82, 2.24) is 10.6 Å². The highest BCUT2D eigenvalue weighted by Gasteiger charge is 2.30. The first-order valence-corrected chi connectivity index (χ1v) is 9.63. The smallest absolute Gasteiger partial charge is 0.326 e. The highest BCUT2D eigenvalue weighted by molar-refractivity contribution is 5.98. The van der Waals surface area contributed by atoms with Crippen molar-refractivity contribution in [2.75, 3.05) is 13.2 Å². The van der Waals surface area contributed by atoms with Gasteiger partial charge in [0.25, 0.3) is 11.8 Å². The SMILES string of the molecule is CCOc1ccccc1C(=O)NCC(=O)O[C@@H](C(=O)NC1CC1)c1ccccc1. The lowest BCUT2D eigenvalue weighted by Crippen LogP contribution is -2.36. The zero-order valence-corrected chi connectivity index (χ0v) is 16.2. The van der Waals surface area contributed by atoms with Crippen molar-refractivity contribution in [2.24, 2.45) is 0 Å². The summed E-state index contributed by atoms with van der Waals surface area (Å²) in [6.45, 7) is 1.88. The second kappa shape index (κ2) is 9.73. The molecule has 2 N–H and O–H groups in total. The van der Waals surface area contributed by atoms with E-state index in [1.54, 1.807) is 48.5 Å². The van der Waals surface area contributed by atoms with Crippen LogP contribution in [0.5, 0.6) is 5.75 Å². The number of carbonyl (C=O) groups is 3. The van der Waals surface area contributed by atoms with E-state index < -0.39 is 18.0 Å². The molecule has 1 saturated carbocycles. The van der Waals surface area contributed by atoms with E-state index in [0.717, 1.165) is 12.8 Å². The monoisotopic (exact) mass is 396 g/mol. The standard InChI is InChI=1S/C22H24N2O5/c1-2-28-18-11-7-6-10-17(18)21(26)23-14-19(25)29-20(15-8-4-3-5-9-15)22(27)24-16-12-13-16/h3-11,16,20H,2,12-14H2,1H3,(H,23,26)(H,24,27)/t20-/m1/s1. The average Bonchev–Trinajstić information content (AvgIpc) is 3.55. The van der Waals surface area contributed by atoms with Crippen LogP contribution in [-0.4, -0.2) is 37.0 Å². The topological polar surface area (TPSA) is 93.7 Å². The molecule has 0 bridgehead atoms. The lowest BCUT2D eigenvalue weighted by Gasteiger charge is -2.18. The largest absolute Gasteiger partial charge is 0.493 e. The molecule has 0 spiro atoms. The summed E-state index contributed by atoms with van der Waals surface area (Å²) in [5, 5.41) is 5.37. The van der Waals surface area contributed by atoms with Gasteiger partial charge in [-0.25, -0.2) is 0 Å². The third-order valence-corrected chi connectivity index (χ3v) is 4.34. The molecule has 0 aromatic heterocycles. The summed E-state index contributed by atoms with van der Waals surface area (Å²) >= 11 is 0. The summed E-state index contributed by atoms with van der Waals surface area (Å²) in [4.78, 5) is 37.3. The van der Waals surface area contributed by atoms with Crippen LogP contribution >= 0.6 is 0 Å². The molecule has 2 aromatic carbocycles. The maximum Gasteiger partial charge on any atom is 0.326 e. The highest BCUT2D eigenvalue weighted by atomic mass is 16.5. The minimum Gasteiger partial charge on any atom is -0.493 e. The normalized spacial score (nSPS) is 13.8. The summed E-state index contributed by atoms with van der Waals surface area (Å²) < 4.78 is 10.8. The number of nitrogens with one attached hydrogen (secondary N) is 2. The van der Waals surface area contributed by atoms with Gasteiger partial charge >= 0.3 is 5.97 Å². The van der Waals surface area contributed by atoms with Gasteiger partial charge in [0, 0.05) is 11.6 Å². The predicted molar refractivity (Wildman–Crippen MR) is 106 cm³/mol. The van der Waals surface area contributed by atoms with Crippen LogP contribution in [0.15, 0.2) is 54.6 Å². The summed E-state index contributed by atoms with van der Waals surface area (Å²) in [6, 6.07) is 15.7. The molecule has 0 unspecified atom stereocenters. The summed E-state index contributed by atoms with van der Waals surface area (Å²) in [5.41, 5.74) is 0.903. The van der Waals surface area contributed by atoms with Gasteiger partial charge in [-0.3, -0.25) is 14.4 Å². The molecular formula is C22H24N2O5. The Labute approximate surface area is 169 Å². The molecule has 0 saturated heterocycles. The van der Waals surface area contributed by atoms with Gasteiger partial charge in [-0.15, -0.1) is 0 Å². The highest BCUT2D eigenvalue weighted by Crippen LogP contribution is 2.23. The Morgan fingerprint density at radius 1 is 1.03 bits per heavy atom. The first kappa shape index (κ1) is 20.4. The Morgan fingerprint density at radius 2 is 1.72 bits per heavy atom. The van der Waals surface area contributed by atoms with Gasteiger partial charge in [0.15, 0.2) is 0 Å². The second-order valence-electron chi connectivity index (χ2n) is 6.68. The fourth-order valence-electron chi connectivity index (χ4n) is 2.76. The Hall–Kier alpha value is -3.35. The van der Waals surface area contributed by atoms with Crippen molar-refractivity contribution >= 4 is 17.8 Å². The lowest BCUT2D eigenvalue weighted by atomic mass is 10.1. The predicted octanol–water partition coefficient (Wildman–Crippen LogP) is 2.38. The molecule has 0 radical (unpaired) electrons. The van der Waals surface area contributed by atoms with E-state index in [2.05, 4.69) is 10.6 Å². The third kappa shape index (κ3) is 5.81. The van der Waals surface area contributed by atoms with E-state index >= 15 is 0 Å². The Balaban J connectivity index is 1.61. The quantitative estimate of drug-likeness (QED) is 0.635. The maximum absolute atomic E-state index is 12.5. The molecule has 2 amide bonds. The second-order valence-corrected chi connectivity index (χ2v) is 6.68. The minimum atomic E-state index is -1.06. The fourth-order valence-corrected chi connectivity index (χ4v) is 2.76. The van der Waals surface area contributed by atoms with E-state index in [0.29, 0.717) is 23.5 Å². The molecule has 7 nitrogen and oxygen atoms in total. The van der Waals surface area contributed by atoms with Crippen LogP contribution in [0, 0.1) is 0 Å². The van der Waals surface area contributed by atoms with Crippen LogP contribution in [-0.2, 0) is 14.3 Å². The average molecular weight is 396 g/mol. The van der Waals surface area contributed by atoms with E-state index in [9.17, 15) is 14.4 Å². The molecule has 29 heavy (non-hydrogen) atoms. The Kier molecular flexibility index (Phi) is 6.84. The van der Waals surface area contributed by atoms with Crippen molar-refractivity contribution in [2.45, 2.75) is 31.9 Å². The third-order valence-electron chi connectivity index (χ3n) is 4.34. The molecule has 0 heterocycles. The molecule has 152 valence electrons. The molecule has 0 aliphatic heterocycles. The number of hydrogen-bond acceptors (Lipinski definition) is 5. The van der Waals surface area contributed by atoms with Gasteiger partial charge in [0.05, 0.1) is 12.2 Å². The molecular weight excluding hydrogens is 372 g/mol. The zero-order valence-electron chi connectivity index (χ0n) is 16.2. The number of carbonyl (C=O) groups excluding carboxylic acids is 3. The van der Waals surface area contributed by atoms with Gasteiger partial charge in [-0.05, 0) is 31.9 Å². The number of hydrogen-bond donors (Lipinski definition) is 2. The number of para-hydroxylation sites is 1. The minimum absolute atomic E-state index is 0.141. The Morgan fingerprint density at radius 3 is 2.41 bits per heavy atom. The number of ether oxygens (including phenoxy) is 2. The van der Waals surface area contributed by atoms with Crippen molar-refractivity contribution in [3.8, 4) is 5.75 Å². The van der Waals surface area contributed by atoms with Crippen molar-refractivity contribution in [3.05, 3.63) is 65.7 Å². The van der Waals surface area contributed by atoms with Crippen LogP contribution in [0.25, 0.3) is 0 Å². The van der Waals surface area contributed by atoms with E-state index in [-0.39, 0.29) is 18.5 Å². The molecule has 1 aliphatic carbocycles. The molecule has 7 heteroatoms. The van der Waals surface area contributed by atoms with Gasteiger partial charge in [0.1, 0.15) is 12.3 Å². The molecule has 1 atom stereocenters. The van der Waals surface area contributed by atoms with Gasteiger partial charge < -0.3 is 20.1 Å². The van der Waals surface area contributed by atoms with E-state index in [1.165, 1.54) is 0 Å². The lowest BCUT2D eigenvalue weighted by molar-refractivity contribution is -0.155. The number of benzene rings is 2. The Bertz CT molecular complexity index is 865. The van der Waals surface area contributed by atoms with Gasteiger partial charge in [0.2, 0.25) is 6.10 Å². The van der Waals surface area contributed by atoms with E-state index in [4.69, 9.17) is 9.47 Å². The van der Waals surface area contributed by atoms with Gasteiger partial charge in [-0.2, -0.15) is 0 Å². The summed E-state index contributed by atoms with van der Waals surface area (Å²) in [7, 11) is 0.